The van der Waals surface area contributed by atoms with Crippen molar-refractivity contribution in [3.63, 3.8) is 0 Å². The van der Waals surface area contributed by atoms with Crippen LogP contribution < -0.4 is 0 Å². The van der Waals surface area contributed by atoms with E-state index in [0.29, 0.717) is 6.42 Å². The van der Waals surface area contributed by atoms with E-state index >= 15 is 0 Å². The molecule has 0 aromatic carbocycles. The molecule has 0 radical (unpaired) electrons. The number of carbonyl (C=O) groups is 2. The van der Waals surface area contributed by atoms with E-state index in [-0.39, 0.29) is 43.7 Å². The first-order valence-electron chi connectivity index (χ1n) is 7.11. The maximum atomic E-state index is 13.4. The monoisotopic (exact) mass is 308 g/mol. The number of carbonyl (C=O) groups excluding carboxylic acids is 2. The van der Waals surface area contributed by atoms with Crippen molar-refractivity contribution in [1.29, 1.82) is 0 Å². The van der Waals surface area contributed by atoms with E-state index in [9.17, 15) is 22.8 Å². The third kappa shape index (κ3) is 2.87. The van der Waals surface area contributed by atoms with Crippen molar-refractivity contribution in [2.75, 3.05) is 6.61 Å². The second-order valence-corrected chi connectivity index (χ2v) is 5.91. The highest BCUT2D eigenvalue weighted by molar-refractivity contribution is 5.68. The molecule has 0 amide bonds. The van der Waals surface area contributed by atoms with Crippen molar-refractivity contribution in [2.24, 2.45) is 17.8 Å². The molecular formula is C14H19F3O4. The maximum absolute atomic E-state index is 13.4. The van der Waals surface area contributed by atoms with Gasteiger partial charge in [-0.05, 0) is 31.1 Å². The predicted octanol–water partition coefficient (Wildman–Crippen LogP) is 2.85. The zero-order chi connectivity index (χ0) is 15.8. The molecule has 0 saturated heterocycles. The number of esters is 2. The van der Waals surface area contributed by atoms with Crippen molar-refractivity contribution < 1.29 is 32.2 Å². The Kier molecular flexibility index (Phi) is 4.22. The molecule has 120 valence electrons. The average molecular weight is 308 g/mol. The minimum absolute atomic E-state index is 0.0727. The van der Waals surface area contributed by atoms with Crippen LogP contribution in [0.5, 0.6) is 0 Å². The number of alkyl halides is 3. The van der Waals surface area contributed by atoms with Crippen LogP contribution in [0.3, 0.4) is 0 Å². The minimum Gasteiger partial charge on any atom is -0.465 e. The van der Waals surface area contributed by atoms with Gasteiger partial charge in [-0.25, -0.2) is 0 Å². The van der Waals surface area contributed by atoms with Gasteiger partial charge in [0.15, 0.2) is 0 Å². The van der Waals surface area contributed by atoms with Crippen molar-refractivity contribution in [3.05, 3.63) is 0 Å². The summed E-state index contributed by atoms with van der Waals surface area (Å²) < 4.78 is 49.9. The molecule has 7 heteroatoms. The van der Waals surface area contributed by atoms with Gasteiger partial charge >= 0.3 is 18.1 Å². The molecule has 2 bridgehead atoms. The van der Waals surface area contributed by atoms with Gasteiger partial charge in [-0.15, -0.1) is 0 Å². The number of ether oxygens (including phenoxy) is 2. The van der Waals surface area contributed by atoms with Crippen LogP contribution in [-0.2, 0) is 19.1 Å². The van der Waals surface area contributed by atoms with Gasteiger partial charge in [0, 0.05) is 19.3 Å². The topological polar surface area (TPSA) is 52.6 Å². The molecule has 2 rings (SSSR count). The van der Waals surface area contributed by atoms with Gasteiger partial charge in [0.1, 0.15) is 0 Å². The zero-order valence-corrected chi connectivity index (χ0v) is 12.0. The summed E-state index contributed by atoms with van der Waals surface area (Å²) in [6.45, 7) is 2.82. The summed E-state index contributed by atoms with van der Waals surface area (Å²) in [5.74, 6) is -2.29. The number of hydrogen-bond donors (Lipinski definition) is 0. The highest BCUT2D eigenvalue weighted by atomic mass is 19.4. The van der Waals surface area contributed by atoms with Crippen LogP contribution in [0.1, 0.15) is 39.5 Å². The Morgan fingerprint density at radius 1 is 1.29 bits per heavy atom. The van der Waals surface area contributed by atoms with E-state index in [1.807, 2.05) is 0 Å². The lowest BCUT2D eigenvalue weighted by molar-refractivity contribution is -0.287. The number of rotatable bonds is 4. The smallest absolute Gasteiger partial charge is 0.428 e. The Morgan fingerprint density at radius 2 is 1.95 bits per heavy atom. The summed E-state index contributed by atoms with van der Waals surface area (Å²) in [5, 5.41) is 0. The first-order valence-corrected chi connectivity index (χ1v) is 7.11. The predicted molar refractivity (Wildman–Crippen MR) is 66.1 cm³/mol. The zero-order valence-electron chi connectivity index (χ0n) is 12.0. The van der Waals surface area contributed by atoms with E-state index in [1.54, 1.807) is 6.92 Å². The Bertz CT molecular complexity index is 434. The van der Waals surface area contributed by atoms with Crippen LogP contribution in [0, 0.1) is 17.8 Å². The molecule has 0 N–H and O–H groups in total. The van der Waals surface area contributed by atoms with E-state index in [0.717, 1.165) is 6.92 Å². The van der Waals surface area contributed by atoms with Gasteiger partial charge in [0.05, 0.1) is 6.61 Å². The summed E-state index contributed by atoms with van der Waals surface area (Å²) in [5.41, 5.74) is -2.35. The lowest BCUT2D eigenvalue weighted by Crippen LogP contribution is -2.53. The Labute approximate surface area is 121 Å². The van der Waals surface area contributed by atoms with Gasteiger partial charge in [-0.1, -0.05) is 6.92 Å². The molecule has 0 aliphatic heterocycles. The van der Waals surface area contributed by atoms with Crippen LogP contribution in [0.25, 0.3) is 0 Å². The van der Waals surface area contributed by atoms with Crippen LogP contribution in [0.15, 0.2) is 0 Å². The molecule has 2 aliphatic carbocycles. The number of hydrogen-bond acceptors (Lipinski definition) is 4. The van der Waals surface area contributed by atoms with E-state index in [4.69, 9.17) is 9.47 Å². The van der Waals surface area contributed by atoms with Crippen LogP contribution in [0.4, 0.5) is 13.2 Å². The second kappa shape index (κ2) is 5.50. The lowest BCUT2D eigenvalue weighted by atomic mass is 9.78. The van der Waals surface area contributed by atoms with Gasteiger partial charge < -0.3 is 9.47 Å². The normalized spacial score (nSPS) is 34.8. The van der Waals surface area contributed by atoms with Crippen molar-refractivity contribution in [2.45, 2.75) is 51.3 Å². The fourth-order valence-corrected chi connectivity index (χ4v) is 3.69. The maximum Gasteiger partial charge on any atom is 0.428 e. The fraction of sp³-hybridized carbons (Fsp3) is 0.857. The summed E-state index contributed by atoms with van der Waals surface area (Å²) in [6, 6.07) is 0. The summed E-state index contributed by atoms with van der Waals surface area (Å²) in [7, 11) is 0. The van der Waals surface area contributed by atoms with Crippen LogP contribution in [-0.4, -0.2) is 30.3 Å². The van der Waals surface area contributed by atoms with Crippen molar-refractivity contribution in [3.8, 4) is 0 Å². The summed E-state index contributed by atoms with van der Waals surface area (Å²) in [6.07, 6.45) is -3.91. The minimum atomic E-state index is -4.57. The fourth-order valence-electron chi connectivity index (χ4n) is 3.69. The molecule has 21 heavy (non-hydrogen) atoms. The van der Waals surface area contributed by atoms with Crippen LogP contribution >= 0.6 is 0 Å². The van der Waals surface area contributed by atoms with E-state index in [1.165, 1.54) is 0 Å². The van der Waals surface area contributed by atoms with Crippen LogP contribution in [0.2, 0.25) is 0 Å². The highest BCUT2D eigenvalue weighted by Gasteiger charge is 2.69. The van der Waals surface area contributed by atoms with E-state index in [2.05, 4.69) is 0 Å². The highest BCUT2D eigenvalue weighted by Crippen LogP contribution is 2.60. The number of fused-ring (bicyclic) bond motifs is 2. The molecule has 0 aromatic rings. The molecule has 4 unspecified atom stereocenters. The van der Waals surface area contributed by atoms with Gasteiger partial charge in [-0.2, -0.15) is 13.2 Å². The third-order valence-electron chi connectivity index (χ3n) is 4.62. The molecule has 2 fully saturated rings. The van der Waals surface area contributed by atoms with Gasteiger partial charge in [0.25, 0.3) is 0 Å². The Hall–Kier alpha value is -1.27. The standard InChI is InChI=1S/C14H19F3O4/c1-3-12(19)20-7-10-5-11-4-9(10)6-13(11,14(15,16)17)21-8(2)18/h9-11H,3-7H2,1-2H3. The molecule has 0 aromatic heterocycles. The van der Waals surface area contributed by atoms with Gasteiger partial charge in [-0.3, -0.25) is 9.59 Å². The first kappa shape index (κ1) is 16.1. The average Bonchev–Trinajstić information content (AvgIpc) is 2.92. The molecule has 0 spiro atoms. The van der Waals surface area contributed by atoms with Crippen molar-refractivity contribution in [1.82, 2.24) is 0 Å². The lowest BCUT2D eigenvalue weighted by Gasteiger charge is -2.40. The number of halogens is 3. The molecule has 4 nitrogen and oxygen atoms in total. The molecular weight excluding hydrogens is 289 g/mol. The third-order valence-corrected chi connectivity index (χ3v) is 4.62. The second-order valence-electron chi connectivity index (χ2n) is 5.91. The Morgan fingerprint density at radius 3 is 2.38 bits per heavy atom. The Balaban J connectivity index is 2.06. The molecule has 2 aliphatic rings. The summed E-state index contributed by atoms with van der Waals surface area (Å²) in [4.78, 5) is 22.2. The van der Waals surface area contributed by atoms with Crippen molar-refractivity contribution >= 4 is 11.9 Å². The molecule has 4 atom stereocenters. The quantitative estimate of drug-likeness (QED) is 0.749. The molecule has 0 heterocycles. The molecule has 2 saturated carbocycles. The van der Waals surface area contributed by atoms with E-state index < -0.39 is 23.7 Å². The van der Waals surface area contributed by atoms with Gasteiger partial charge in [0.2, 0.25) is 5.60 Å². The SMILES string of the molecule is CCC(=O)OCC1CC2CC1CC2(OC(C)=O)C(F)(F)F. The largest absolute Gasteiger partial charge is 0.465 e. The first-order chi connectivity index (χ1) is 9.69. The summed E-state index contributed by atoms with van der Waals surface area (Å²) >= 11 is 0.